The lowest BCUT2D eigenvalue weighted by Gasteiger charge is -2.15. The van der Waals surface area contributed by atoms with Crippen molar-refractivity contribution in [2.24, 2.45) is 0 Å². The van der Waals surface area contributed by atoms with Crippen LogP contribution in [0.3, 0.4) is 0 Å². The number of benzene rings is 1. The van der Waals surface area contributed by atoms with Crippen LogP contribution in [0.2, 0.25) is 0 Å². The van der Waals surface area contributed by atoms with E-state index in [2.05, 4.69) is 19.2 Å². The first kappa shape index (κ1) is 11.3. The maximum atomic E-state index is 9.46. The van der Waals surface area contributed by atoms with E-state index >= 15 is 0 Å². The molecule has 2 atom stereocenters. The van der Waals surface area contributed by atoms with Crippen molar-refractivity contribution in [2.75, 3.05) is 13.2 Å². The highest BCUT2D eigenvalue weighted by Crippen LogP contribution is 2.35. The molecule has 2 unspecified atom stereocenters. The lowest BCUT2D eigenvalue weighted by atomic mass is 10.0. The average Bonchev–Trinajstić information content (AvgIpc) is 2.68. The molecule has 1 aliphatic rings. The molecule has 2 rings (SSSR count). The van der Waals surface area contributed by atoms with Crippen LogP contribution in [0, 0.1) is 0 Å². The van der Waals surface area contributed by atoms with Crippen LogP contribution in [-0.4, -0.2) is 24.3 Å². The summed E-state index contributed by atoms with van der Waals surface area (Å²) in [6, 6.07) is 5.85. The number of ether oxygens (including phenoxy) is 1. The maximum absolute atomic E-state index is 9.46. The molecule has 0 saturated heterocycles. The Morgan fingerprint density at radius 3 is 3.12 bits per heavy atom. The topological polar surface area (TPSA) is 41.5 Å². The summed E-state index contributed by atoms with van der Waals surface area (Å²) in [7, 11) is 0. The minimum absolute atomic E-state index is 0.317. The van der Waals surface area contributed by atoms with Crippen LogP contribution in [0.5, 0.6) is 11.5 Å². The molecule has 2 N–H and O–H groups in total. The van der Waals surface area contributed by atoms with Gasteiger partial charge in [0.2, 0.25) is 0 Å². The zero-order valence-corrected chi connectivity index (χ0v) is 9.86. The largest absolute Gasteiger partial charge is 0.508 e. The Balaban J connectivity index is 2.02. The zero-order valence-electron chi connectivity index (χ0n) is 9.86. The lowest BCUT2D eigenvalue weighted by molar-refractivity contribution is 0.322. The first-order chi connectivity index (χ1) is 7.70. The van der Waals surface area contributed by atoms with E-state index in [4.69, 9.17) is 4.74 Å². The predicted molar refractivity (Wildman–Crippen MR) is 64.1 cm³/mol. The molecule has 88 valence electrons. The smallest absolute Gasteiger partial charge is 0.123 e. The minimum atomic E-state index is 0.317. The van der Waals surface area contributed by atoms with E-state index in [9.17, 15) is 5.11 Å². The highest BCUT2D eigenvalue weighted by Gasteiger charge is 2.24. The Kier molecular flexibility index (Phi) is 3.34. The van der Waals surface area contributed by atoms with Crippen molar-refractivity contribution in [1.82, 2.24) is 5.32 Å². The van der Waals surface area contributed by atoms with Gasteiger partial charge < -0.3 is 15.2 Å². The van der Waals surface area contributed by atoms with E-state index in [0.717, 1.165) is 24.3 Å². The highest BCUT2D eigenvalue weighted by molar-refractivity contribution is 5.44. The molecular formula is C13H19NO2. The molecule has 0 aliphatic carbocycles. The number of hydrogen-bond donors (Lipinski definition) is 2. The summed E-state index contributed by atoms with van der Waals surface area (Å²) in [6.07, 6.45) is 1.13. The Labute approximate surface area is 96.4 Å². The van der Waals surface area contributed by atoms with Gasteiger partial charge in [-0.1, -0.05) is 6.92 Å². The summed E-state index contributed by atoms with van der Waals surface area (Å²) in [6.45, 7) is 5.97. The van der Waals surface area contributed by atoms with Gasteiger partial charge in [-0.2, -0.15) is 0 Å². The third-order valence-corrected chi connectivity index (χ3v) is 3.20. The van der Waals surface area contributed by atoms with Crippen molar-refractivity contribution < 1.29 is 9.84 Å². The molecule has 3 nitrogen and oxygen atoms in total. The Hall–Kier alpha value is -1.22. The van der Waals surface area contributed by atoms with Crippen LogP contribution >= 0.6 is 0 Å². The first-order valence-electron chi connectivity index (χ1n) is 5.89. The van der Waals surface area contributed by atoms with Crippen LogP contribution in [0.15, 0.2) is 18.2 Å². The van der Waals surface area contributed by atoms with Gasteiger partial charge in [-0.05, 0) is 31.5 Å². The van der Waals surface area contributed by atoms with Crippen LogP contribution in [-0.2, 0) is 0 Å². The average molecular weight is 221 g/mol. The molecule has 0 saturated carbocycles. The van der Waals surface area contributed by atoms with E-state index in [1.807, 2.05) is 12.1 Å². The molecular weight excluding hydrogens is 202 g/mol. The minimum Gasteiger partial charge on any atom is -0.508 e. The van der Waals surface area contributed by atoms with Gasteiger partial charge in [0.05, 0.1) is 6.61 Å². The fourth-order valence-corrected chi connectivity index (χ4v) is 1.92. The Bertz CT molecular complexity index is 365. The van der Waals surface area contributed by atoms with E-state index in [0.29, 0.717) is 24.3 Å². The number of phenols is 1. The summed E-state index contributed by atoms with van der Waals surface area (Å²) in [5, 5.41) is 12.9. The van der Waals surface area contributed by atoms with E-state index in [1.165, 1.54) is 0 Å². The van der Waals surface area contributed by atoms with Crippen LogP contribution < -0.4 is 10.1 Å². The lowest BCUT2D eigenvalue weighted by Crippen LogP contribution is -2.30. The van der Waals surface area contributed by atoms with Gasteiger partial charge in [-0.3, -0.25) is 0 Å². The van der Waals surface area contributed by atoms with Gasteiger partial charge in [-0.15, -0.1) is 0 Å². The van der Waals surface area contributed by atoms with Crippen molar-refractivity contribution in [1.29, 1.82) is 0 Å². The molecule has 3 heteroatoms. The quantitative estimate of drug-likeness (QED) is 0.819. The van der Waals surface area contributed by atoms with E-state index in [1.54, 1.807) is 6.07 Å². The molecule has 0 fully saturated rings. The van der Waals surface area contributed by atoms with Gasteiger partial charge >= 0.3 is 0 Å². The molecule has 1 aliphatic heterocycles. The van der Waals surface area contributed by atoms with E-state index < -0.39 is 0 Å². The zero-order chi connectivity index (χ0) is 11.5. The second-order valence-corrected chi connectivity index (χ2v) is 4.45. The summed E-state index contributed by atoms with van der Waals surface area (Å²) >= 11 is 0. The van der Waals surface area contributed by atoms with Crippen molar-refractivity contribution in [3.05, 3.63) is 23.8 Å². The second-order valence-electron chi connectivity index (χ2n) is 4.45. The number of phenolic OH excluding ortho intramolecular Hbond substituents is 1. The van der Waals surface area contributed by atoms with Gasteiger partial charge in [-0.25, -0.2) is 0 Å². The fourth-order valence-electron chi connectivity index (χ4n) is 1.92. The highest BCUT2D eigenvalue weighted by atomic mass is 16.5. The fraction of sp³-hybridized carbons (Fsp3) is 0.538. The number of nitrogens with one attached hydrogen (secondary N) is 1. The maximum Gasteiger partial charge on any atom is 0.123 e. The molecule has 1 heterocycles. The Morgan fingerprint density at radius 1 is 1.56 bits per heavy atom. The number of rotatable bonds is 4. The monoisotopic (exact) mass is 221 g/mol. The third kappa shape index (κ3) is 2.30. The number of fused-ring (bicyclic) bond motifs is 1. The van der Waals surface area contributed by atoms with Crippen molar-refractivity contribution in [3.63, 3.8) is 0 Å². The van der Waals surface area contributed by atoms with Crippen LogP contribution in [0.25, 0.3) is 0 Å². The molecule has 1 aromatic carbocycles. The summed E-state index contributed by atoms with van der Waals surface area (Å²) < 4.78 is 5.58. The van der Waals surface area contributed by atoms with Gasteiger partial charge in [0.1, 0.15) is 11.5 Å². The number of aromatic hydroxyl groups is 1. The summed E-state index contributed by atoms with van der Waals surface area (Å²) in [4.78, 5) is 0. The van der Waals surface area contributed by atoms with E-state index in [-0.39, 0.29) is 0 Å². The molecule has 16 heavy (non-hydrogen) atoms. The van der Waals surface area contributed by atoms with Gasteiger partial charge in [0.15, 0.2) is 0 Å². The Morgan fingerprint density at radius 2 is 2.38 bits per heavy atom. The van der Waals surface area contributed by atoms with Crippen molar-refractivity contribution >= 4 is 0 Å². The molecule has 0 radical (unpaired) electrons. The SMILES string of the molecule is CCC(C)NCC1COc2ccc(O)cc21. The summed E-state index contributed by atoms with van der Waals surface area (Å²) in [5.41, 5.74) is 1.12. The molecule has 0 amide bonds. The summed E-state index contributed by atoms with van der Waals surface area (Å²) in [5.74, 6) is 1.59. The third-order valence-electron chi connectivity index (χ3n) is 3.20. The molecule has 1 aromatic rings. The van der Waals surface area contributed by atoms with Crippen LogP contribution in [0.4, 0.5) is 0 Å². The normalized spacial score (nSPS) is 20.2. The molecule has 0 bridgehead atoms. The standard InChI is InChI=1S/C13H19NO2/c1-3-9(2)14-7-10-8-16-13-5-4-11(15)6-12(10)13/h4-6,9-10,14-15H,3,7-8H2,1-2H3. The first-order valence-corrected chi connectivity index (χ1v) is 5.89. The second kappa shape index (κ2) is 4.74. The van der Waals surface area contributed by atoms with Crippen LogP contribution in [0.1, 0.15) is 31.7 Å². The molecule has 0 spiro atoms. The van der Waals surface area contributed by atoms with Crippen molar-refractivity contribution in [3.8, 4) is 11.5 Å². The number of hydrogen-bond acceptors (Lipinski definition) is 3. The van der Waals surface area contributed by atoms with Gasteiger partial charge in [0.25, 0.3) is 0 Å². The molecule has 0 aromatic heterocycles. The van der Waals surface area contributed by atoms with Crippen molar-refractivity contribution in [2.45, 2.75) is 32.2 Å². The van der Waals surface area contributed by atoms with Gasteiger partial charge in [0, 0.05) is 24.1 Å². The predicted octanol–water partition coefficient (Wildman–Crippen LogP) is 2.26.